The van der Waals surface area contributed by atoms with Crippen LogP contribution in [0.2, 0.25) is 0 Å². The summed E-state index contributed by atoms with van der Waals surface area (Å²) in [7, 11) is 0. The van der Waals surface area contributed by atoms with Gasteiger partial charge in [0, 0.05) is 5.92 Å². The molecule has 2 unspecified atom stereocenters. The fourth-order valence-corrected chi connectivity index (χ4v) is 1.27. The van der Waals surface area contributed by atoms with Gasteiger partial charge >= 0.3 is 5.97 Å². The molecular weight excluding hydrogens is 144 g/mol. The van der Waals surface area contributed by atoms with Crippen LogP contribution >= 0.6 is 0 Å². The zero-order valence-electron chi connectivity index (χ0n) is 7.07. The van der Waals surface area contributed by atoms with Crippen LogP contribution in [0.3, 0.4) is 0 Å². The highest BCUT2D eigenvalue weighted by Crippen LogP contribution is 2.25. The van der Waals surface area contributed by atoms with Gasteiger partial charge in [-0.15, -0.1) is 0 Å². The van der Waals surface area contributed by atoms with Crippen molar-refractivity contribution in [1.82, 2.24) is 0 Å². The molecule has 0 aliphatic carbocycles. The lowest BCUT2D eigenvalue weighted by molar-refractivity contribution is -0.175. The molecule has 11 heavy (non-hydrogen) atoms. The van der Waals surface area contributed by atoms with Gasteiger partial charge in [0.15, 0.2) is 0 Å². The van der Waals surface area contributed by atoms with E-state index in [0.29, 0.717) is 0 Å². The highest BCUT2D eigenvalue weighted by molar-refractivity contribution is 5.73. The van der Waals surface area contributed by atoms with Gasteiger partial charge in [0.1, 0.15) is 6.10 Å². The molecule has 3 nitrogen and oxygen atoms in total. The second kappa shape index (κ2) is 2.81. The molecule has 1 aliphatic heterocycles. The fourth-order valence-electron chi connectivity index (χ4n) is 1.27. The number of rotatable bonds is 0. The molecule has 4 atom stereocenters. The van der Waals surface area contributed by atoms with E-state index in [4.69, 9.17) is 4.74 Å². The van der Waals surface area contributed by atoms with Crippen LogP contribution in [0.5, 0.6) is 0 Å². The molecule has 1 aliphatic rings. The standard InChI is InChI=1S/C8H14O3/c1-4-6(3)11-8(10)5(2)7(4)9/h4-7,9H,1-3H3/t4?,5-,6?,7+/m1/s1. The molecule has 0 aromatic rings. The minimum absolute atomic E-state index is 0.0442. The van der Waals surface area contributed by atoms with Crippen molar-refractivity contribution in [2.45, 2.75) is 33.0 Å². The van der Waals surface area contributed by atoms with Gasteiger partial charge in [-0.25, -0.2) is 0 Å². The number of aliphatic hydroxyl groups is 1. The van der Waals surface area contributed by atoms with Crippen LogP contribution in [0.4, 0.5) is 0 Å². The third-order valence-electron chi connectivity index (χ3n) is 2.47. The van der Waals surface area contributed by atoms with Crippen molar-refractivity contribution in [2.24, 2.45) is 11.8 Å². The molecule has 0 saturated carbocycles. The summed E-state index contributed by atoms with van der Waals surface area (Å²) in [5.41, 5.74) is 0. The summed E-state index contributed by atoms with van der Waals surface area (Å²) in [6, 6.07) is 0. The van der Waals surface area contributed by atoms with Crippen molar-refractivity contribution in [3.63, 3.8) is 0 Å². The van der Waals surface area contributed by atoms with Gasteiger partial charge in [-0.3, -0.25) is 4.79 Å². The zero-order valence-corrected chi connectivity index (χ0v) is 7.07. The van der Waals surface area contributed by atoms with Gasteiger partial charge in [-0.1, -0.05) is 6.92 Å². The molecule has 0 radical (unpaired) electrons. The summed E-state index contributed by atoms with van der Waals surface area (Å²) in [6.07, 6.45) is -0.708. The van der Waals surface area contributed by atoms with Crippen LogP contribution in [-0.2, 0) is 9.53 Å². The lowest BCUT2D eigenvalue weighted by Gasteiger charge is -2.34. The molecule has 0 aromatic carbocycles. The minimum Gasteiger partial charge on any atom is -0.462 e. The maximum Gasteiger partial charge on any atom is 0.311 e. The molecule has 1 heterocycles. The Hall–Kier alpha value is -0.570. The first-order valence-corrected chi connectivity index (χ1v) is 3.92. The minimum atomic E-state index is -0.550. The Morgan fingerprint density at radius 2 is 1.91 bits per heavy atom. The predicted molar refractivity (Wildman–Crippen MR) is 39.9 cm³/mol. The quantitative estimate of drug-likeness (QED) is 0.524. The van der Waals surface area contributed by atoms with Crippen LogP contribution < -0.4 is 0 Å². The van der Waals surface area contributed by atoms with E-state index in [0.717, 1.165) is 0 Å². The molecule has 0 aromatic heterocycles. The van der Waals surface area contributed by atoms with E-state index in [-0.39, 0.29) is 23.9 Å². The highest BCUT2D eigenvalue weighted by Gasteiger charge is 2.37. The van der Waals surface area contributed by atoms with E-state index in [1.165, 1.54) is 0 Å². The molecule has 1 N–H and O–H groups in total. The summed E-state index contributed by atoms with van der Waals surface area (Å²) in [6.45, 7) is 5.38. The van der Waals surface area contributed by atoms with Crippen LogP contribution in [0.25, 0.3) is 0 Å². The summed E-state index contributed by atoms with van der Waals surface area (Å²) in [5, 5.41) is 9.49. The first-order valence-electron chi connectivity index (χ1n) is 3.92. The van der Waals surface area contributed by atoms with Crippen molar-refractivity contribution < 1.29 is 14.6 Å². The second-order valence-electron chi connectivity index (χ2n) is 3.28. The van der Waals surface area contributed by atoms with E-state index in [9.17, 15) is 9.90 Å². The molecule has 0 amide bonds. The third kappa shape index (κ3) is 1.38. The molecule has 1 fully saturated rings. The number of ether oxygens (including phenoxy) is 1. The van der Waals surface area contributed by atoms with Crippen LogP contribution in [0.15, 0.2) is 0 Å². The van der Waals surface area contributed by atoms with Gasteiger partial charge in [-0.05, 0) is 13.8 Å². The number of hydrogen-bond donors (Lipinski definition) is 1. The van der Waals surface area contributed by atoms with Gasteiger partial charge in [0.25, 0.3) is 0 Å². The molecule has 0 spiro atoms. The van der Waals surface area contributed by atoms with Crippen LogP contribution in [0.1, 0.15) is 20.8 Å². The number of carbonyl (C=O) groups is 1. The van der Waals surface area contributed by atoms with Crippen molar-refractivity contribution in [3.05, 3.63) is 0 Å². The number of hydrogen-bond acceptors (Lipinski definition) is 3. The lowest BCUT2D eigenvalue weighted by Crippen LogP contribution is -2.45. The lowest BCUT2D eigenvalue weighted by atomic mass is 9.87. The first kappa shape index (κ1) is 8.53. The SMILES string of the molecule is CC1OC(=O)[C@H](C)[C@@H](O)C1C. The summed E-state index contributed by atoms with van der Waals surface area (Å²) < 4.78 is 4.98. The normalized spacial score (nSPS) is 45.3. The monoisotopic (exact) mass is 158 g/mol. The third-order valence-corrected chi connectivity index (χ3v) is 2.47. The topological polar surface area (TPSA) is 46.5 Å². The number of cyclic esters (lactones) is 1. The number of aliphatic hydroxyl groups excluding tert-OH is 1. The van der Waals surface area contributed by atoms with E-state index >= 15 is 0 Å². The summed E-state index contributed by atoms with van der Waals surface area (Å²) in [4.78, 5) is 11.0. The predicted octanol–water partition coefficient (Wildman–Crippen LogP) is 0.565. The van der Waals surface area contributed by atoms with E-state index in [2.05, 4.69) is 0 Å². The maximum absolute atomic E-state index is 11.0. The average Bonchev–Trinajstić information content (AvgIpc) is 1.97. The first-order chi connectivity index (χ1) is 5.04. The van der Waals surface area contributed by atoms with Gasteiger partial charge < -0.3 is 9.84 Å². The Labute approximate surface area is 66.4 Å². The van der Waals surface area contributed by atoms with Crippen LogP contribution in [0, 0.1) is 11.8 Å². The van der Waals surface area contributed by atoms with Gasteiger partial charge in [0.2, 0.25) is 0 Å². The molecule has 3 heteroatoms. The summed E-state index contributed by atoms with van der Waals surface area (Å²) >= 11 is 0. The smallest absolute Gasteiger partial charge is 0.311 e. The fraction of sp³-hybridized carbons (Fsp3) is 0.875. The molecule has 1 saturated heterocycles. The van der Waals surface area contributed by atoms with Gasteiger partial charge in [0.05, 0.1) is 12.0 Å². The average molecular weight is 158 g/mol. The van der Waals surface area contributed by atoms with Crippen molar-refractivity contribution in [2.75, 3.05) is 0 Å². The van der Waals surface area contributed by atoms with E-state index in [1.54, 1.807) is 13.8 Å². The maximum atomic E-state index is 11.0. The van der Waals surface area contributed by atoms with Crippen LogP contribution in [-0.4, -0.2) is 23.3 Å². The molecule has 0 bridgehead atoms. The highest BCUT2D eigenvalue weighted by atomic mass is 16.5. The Balaban J connectivity index is 2.70. The van der Waals surface area contributed by atoms with E-state index in [1.807, 2.05) is 6.92 Å². The zero-order chi connectivity index (χ0) is 8.59. The molecule has 1 rings (SSSR count). The Morgan fingerprint density at radius 1 is 1.36 bits per heavy atom. The van der Waals surface area contributed by atoms with Crippen molar-refractivity contribution in [1.29, 1.82) is 0 Å². The Morgan fingerprint density at radius 3 is 2.45 bits per heavy atom. The summed E-state index contributed by atoms with van der Waals surface area (Å²) in [5.74, 6) is -0.619. The van der Waals surface area contributed by atoms with Crippen molar-refractivity contribution in [3.8, 4) is 0 Å². The largest absolute Gasteiger partial charge is 0.462 e. The Kier molecular flexibility index (Phi) is 2.18. The number of carbonyl (C=O) groups excluding carboxylic acids is 1. The molecule has 64 valence electrons. The van der Waals surface area contributed by atoms with Gasteiger partial charge in [-0.2, -0.15) is 0 Å². The van der Waals surface area contributed by atoms with E-state index < -0.39 is 6.10 Å². The second-order valence-corrected chi connectivity index (χ2v) is 3.28. The van der Waals surface area contributed by atoms with Crippen molar-refractivity contribution >= 4 is 5.97 Å². The Bertz CT molecular complexity index is 167. The number of esters is 1. The molecular formula is C8H14O3.